The van der Waals surface area contributed by atoms with Crippen LogP contribution in [0, 0.1) is 0 Å². The second-order valence-electron chi connectivity index (χ2n) is 5.41. The Labute approximate surface area is 118 Å². The molecule has 2 aromatic rings. The standard InChI is InChI=1S/C14H20N4O2/c1-10(2)18-7-8-19-12(9-18)13-15-14(20-16-13)11-5-4-6-17(11)3/h4-6,10,12H,7-9H2,1-3H3. The highest BCUT2D eigenvalue weighted by Crippen LogP contribution is 2.24. The van der Waals surface area contributed by atoms with Crippen LogP contribution in [-0.2, 0) is 11.8 Å². The van der Waals surface area contributed by atoms with E-state index in [1.54, 1.807) is 0 Å². The maximum Gasteiger partial charge on any atom is 0.274 e. The molecule has 1 atom stereocenters. The van der Waals surface area contributed by atoms with Gasteiger partial charge in [0, 0.05) is 32.4 Å². The predicted molar refractivity (Wildman–Crippen MR) is 74.1 cm³/mol. The quantitative estimate of drug-likeness (QED) is 0.856. The van der Waals surface area contributed by atoms with Crippen LogP contribution in [0.15, 0.2) is 22.9 Å². The van der Waals surface area contributed by atoms with Gasteiger partial charge in [-0.3, -0.25) is 4.90 Å². The van der Waals surface area contributed by atoms with E-state index in [1.807, 2.05) is 29.9 Å². The van der Waals surface area contributed by atoms with Crippen LogP contribution >= 0.6 is 0 Å². The summed E-state index contributed by atoms with van der Waals surface area (Å²) in [5, 5.41) is 4.08. The molecule has 0 spiro atoms. The van der Waals surface area contributed by atoms with Crippen LogP contribution < -0.4 is 0 Å². The van der Waals surface area contributed by atoms with Crippen molar-refractivity contribution in [1.82, 2.24) is 19.6 Å². The van der Waals surface area contributed by atoms with Crippen molar-refractivity contribution in [2.75, 3.05) is 19.7 Å². The van der Waals surface area contributed by atoms with E-state index in [4.69, 9.17) is 9.26 Å². The molecule has 0 radical (unpaired) electrons. The molecule has 3 rings (SSSR count). The Morgan fingerprint density at radius 2 is 2.25 bits per heavy atom. The summed E-state index contributed by atoms with van der Waals surface area (Å²) >= 11 is 0. The fraction of sp³-hybridized carbons (Fsp3) is 0.571. The molecular weight excluding hydrogens is 256 g/mol. The van der Waals surface area contributed by atoms with Gasteiger partial charge in [0.05, 0.1) is 6.61 Å². The Bertz CT molecular complexity index is 575. The van der Waals surface area contributed by atoms with Crippen LogP contribution in [0.3, 0.4) is 0 Å². The van der Waals surface area contributed by atoms with Crippen molar-refractivity contribution in [2.45, 2.75) is 26.0 Å². The van der Waals surface area contributed by atoms with Crippen LogP contribution in [0.2, 0.25) is 0 Å². The van der Waals surface area contributed by atoms with Crippen molar-refractivity contribution in [1.29, 1.82) is 0 Å². The third kappa shape index (κ3) is 2.48. The molecule has 6 heteroatoms. The van der Waals surface area contributed by atoms with Gasteiger partial charge in [-0.25, -0.2) is 0 Å². The summed E-state index contributed by atoms with van der Waals surface area (Å²) in [6, 6.07) is 4.41. The monoisotopic (exact) mass is 276 g/mol. The van der Waals surface area contributed by atoms with Crippen LogP contribution in [-0.4, -0.2) is 45.3 Å². The van der Waals surface area contributed by atoms with E-state index in [0.29, 0.717) is 24.4 Å². The van der Waals surface area contributed by atoms with Gasteiger partial charge in [-0.1, -0.05) is 5.16 Å². The zero-order valence-electron chi connectivity index (χ0n) is 12.1. The lowest BCUT2D eigenvalue weighted by Crippen LogP contribution is -2.42. The number of morpholine rings is 1. The molecule has 1 unspecified atom stereocenters. The Morgan fingerprint density at radius 3 is 2.95 bits per heavy atom. The Kier molecular flexibility index (Phi) is 3.58. The smallest absolute Gasteiger partial charge is 0.274 e. The van der Waals surface area contributed by atoms with E-state index in [1.165, 1.54) is 0 Å². The minimum absolute atomic E-state index is 0.107. The molecule has 0 saturated carbocycles. The number of aryl methyl sites for hydroxylation is 1. The number of ether oxygens (including phenoxy) is 1. The zero-order chi connectivity index (χ0) is 14.1. The van der Waals surface area contributed by atoms with Crippen LogP contribution in [0.25, 0.3) is 11.6 Å². The number of nitrogens with zero attached hydrogens (tertiary/aromatic N) is 4. The summed E-state index contributed by atoms with van der Waals surface area (Å²) in [5.74, 6) is 1.17. The summed E-state index contributed by atoms with van der Waals surface area (Å²) in [6.45, 7) is 6.85. The third-order valence-electron chi connectivity index (χ3n) is 3.72. The summed E-state index contributed by atoms with van der Waals surface area (Å²) < 4.78 is 13.1. The average Bonchev–Trinajstić information content (AvgIpc) is 3.07. The lowest BCUT2D eigenvalue weighted by molar-refractivity contribution is -0.0450. The maximum atomic E-state index is 5.77. The van der Waals surface area contributed by atoms with Crippen molar-refractivity contribution >= 4 is 0 Å². The first-order chi connectivity index (χ1) is 9.65. The highest BCUT2D eigenvalue weighted by Gasteiger charge is 2.27. The van der Waals surface area contributed by atoms with Crippen molar-refractivity contribution in [3.05, 3.63) is 24.2 Å². The Balaban J connectivity index is 1.78. The molecular formula is C14H20N4O2. The van der Waals surface area contributed by atoms with E-state index in [0.717, 1.165) is 18.8 Å². The topological polar surface area (TPSA) is 56.3 Å². The van der Waals surface area contributed by atoms with Crippen molar-refractivity contribution in [3.63, 3.8) is 0 Å². The van der Waals surface area contributed by atoms with E-state index in [-0.39, 0.29) is 6.10 Å². The van der Waals surface area contributed by atoms with Gasteiger partial charge in [-0.2, -0.15) is 4.98 Å². The van der Waals surface area contributed by atoms with Gasteiger partial charge in [-0.15, -0.1) is 0 Å². The molecule has 2 aromatic heterocycles. The van der Waals surface area contributed by atoms with Crippen LogP contribution in [0.1, 0.15) is 25.8 Å². The van der Waals surface area contributed by atoms with Crippen molar-refractivity contribution < 1.29 is 9.26 Å². The number of hydrogen-bond acceptors (Lipinski definition) is 5. The lowest BCUT2D eigenvalue weighted by atomic mass is 10.2. The normalized spacial score (nSPS) is 20.7. The molecule has 1 fully saturated rings. The molecule has 1 aliphatic heterocycles. The van der Waals surface area contributed by atoms with Gasteiger partial charge in [-0.05, 0) is 26.0 Å². The van der Waals surface area contributed by atoms with Crippen LogP contribution in [0.5, 0.6) is 0 Å². The number of aromatic nitrogens is 3. The fourth-order valence-corrected chi connectivity index (χ4v) is 2.45. The molecule has 0 aliphatic carbocycles. The Morgan fingerprint density at radius 1 is 1.40 bits per heavy atom. The number of rotatable bonds is 3. The first-order valence-corrected chi connectivity index (χ1v) is 6.96. The summed E-state index contributed by atoms with van der Waals surface area (Å²) in [6.07, 6.45) is 1.85. The van der Waals surface area contributed by atoms with E-state index in [9.17, 15) is 0 Å². The van der Waals surface area contributed by atoms with Gasteiger partial charge in [0.15, 0.2) is 0 Å². The van der Waals surface area contributed by atoms with Gasteiger partial charge in [0.1, 0.15) is 11.8 Å². The highest BCUT2D eigenvalue weighted by atomic mass is 16.5. The van der Waals surface area contributed by atoms with Gasteiger partial charge in [0.25, 0.3) is 5.89 Å². The maximum absolute atomic E-state index is 5.77. The molecule has 108 valence electrons. The molecule has 0 bridgehead atoms. The van der Waals surface area contributed by atoms with Crippen LogP contribution in [0.4, 0.5) is 0 Å². The first kappa shape index (κ1) is 13.3. The number of hydrogen-bond donors (Lipinski definition) is 0. The highest BCUT2D eigenvalue weighted by molar-refractivity contribution is 5.47. The van der Waals surface area contributed by atoms with E-state index in [2.05, 4.69) is 28.9 Å². The predicted octanol–water partition coefficient (Wildman–Crippen LogP) is 1.86. The summed E-state index contributed by atoms with van der Waals surface area (Å²) in [4.78, 5) is 6.85. The van der Waals surface area contributed by atoms with Gasteiger partial charge >= 0.3 is 0 Å². The molecule has 1 saturated heterocycles. The molecule has 20 heavy (non-hydrogen) atoms. The summed E-state index contributed by atoms with van der Waals surface area (Å²) in [7, 11) is 1.96. The fourth-order valence-electron chi connectivity index (χ4n) is 2.45. The Hall–Kier alpha value is -1.66. The lowest BCUT2D eigenvalue weighted by Gasteiger charge is -2.34. The molecule has 3 heterocycles. The molecule has 0 amide bonds. The zero-order valence-corrected chi connectivity index (χ0v) is 12.1. The largest absolute Gasteiger partial charge is 0.367 e. The second-order valence-corrected chi connectivity index (χ2v) is 5.41. The molecule has 0 N–H and O–H groups in total. The van der Waals surface area contributed by atoms with E-state index < -0.39 is 0 Å². The van der Waals surface area contributed by atoms with Gasteiger partial charge in [0.2, 0.25) is 5.82 Å². The minimum Gasteiger partial charge on any atom is -0.367 e. The second kappa shape index (κ2) is 5.38. The van der Waals surface area contributed by atoms with Crippen molar-refractivity contribution in [3.8, 4) is 11.6 Å². The van der Waals surface area contributed by atoms with E-state index >= 15 is 0 Å². The molecule has 1 aliphatic rings. The third-order valence-corrected chi connectivity index (χ3v) is 3.72. The first-order valence-electron chi connectivity index (χ1n) is 6.96. The summed E-state index contributed by atoms with van der Waals surface area (Å²) in [5.41, 5.74) is 0.917. The SMILES string of the molecule is CC(C)N1CCOC(c2noc(-c3cccn3C)n2)C1. The average molecular weight is 276 g/mol. The van der Waals surface area contributed by atoms with Gasteiger partial charge < -0.3 is 13.8 Å². The molecule has 0 aromatic carbocycles. The minimum atomic E-state index is -0.107. The van der Waals surface area contributed by atoms with Crippen molar-refractivity contribution in [2.24, 2.45) is 7.05 Å². The molecule has 6 nitrogen and oxygen atoms in total.